The molecule has 0 saturated carbocycles. The Balaban J connectivity index is 0.000000292. The van der Waals surface area contributed by atoms with Gasteiger partial charge in [0.2, 0.25) is 9.84 Å². The van der Waals surface area contributed by atoms with Gasteiger partial charge in [0.25, 0.3) is 9.05 Å². The van der Waals surface area contributed by atoms with Crippen LogP contribution in [0.15, 0.2) is 87.5 Å². The SMILES string of the molecule is Cc1ccc(O)cc1.Cc1ccc(S(=O)(=O)c2cccc(S(=O)(=O)Cl)c2)cc1. The van der Waals surface area contributed by atoms with E-state index in [0.717, 1.165) is 11.6 Å². The third-order valence-electron chi connectivity index (χ3n) is 3.76. The zero-order chi connectivity index (χ0) is 20.9. The molecule has 0 heterocycles. The van der Waals surface area contributed by atoms with Crippen LogP contribution >= 0.6 is 10.7 Å². The van der Waals surface area contributed by atoms with Gasteiger partial charge in [-0.2, -0.15) is 0 Å². The fraction of sp³-hybridized carbons (Fsp3) is 0.100. The van der Waals surface area contributed by atoms with E-state index in [4.69, 9.17) is 15.8 Å². The van der Waals surface area contributed by atoms with Gasteiger partial charge in [-0.15, -0.1) is 0 Å². The minimum atomic E-state index is -3.97. The molecule has 1 N–H and O–H groups in total. The predicted molar refractivity (Wildman–Crippen MR) is 109 cm³/mol. The van der Waals surface area contributed by atoms with Gasteiger partial charge >= 0.3 is 0 Å². The summed E-state index contributed by atoms with van der Waals surface area (Å²) in [6.45, 7) is 3.83. The maximum Gasteiger partial charge on any atom is 0.261 e. The predicted octanol–water partition coefficient (Wildman–Crippen LogP) is 4.46. The highest BCUT2D eigenvalue weighted by atomic mass is 35.7. The molecule has 0 fully saturated rings. The Morgan fingerprint density at radius 2 is 1.14 bits per heavy atom. The van der Waals surface area contributed by atoms with Crippen molar-refractivity contribution in [2.75, 3.05) is 0 Å². The molecular weight excluding hydrogens is 420 g/mol. The molecule has 0 spiro atoms. The number of hydrogen-bond acceptors (Lipinski definition) is 5. The second-order valence-electron chi connectivity index (χ2n) is 6.06. The highest BCUT2D eigenvalue weighted by molar-refractivity contribution is 8.13. The van der Waals surface area contributed by atoms with Crippen molar-refractivity contribution in [3.63, 3.8) is 0 Å². The summed E-state index contributed by atoms with van der Waals surface area (Å²) in [7, 11) is -2.50. The van der Waals surface area contributed by atoms with Gasteiger partial charge in [0, 0.05) is 10.7 Å². The second-order valence-corrected chi connectivity index (χ2v) is 10.6. The quantitative estimate of drug-likeness (QED) is 0.610. The topological polar surface area (TPSA) is 88.5 Å². The molecule has 3 aromatic rings. The Kier molecular flexibility index (Phi) is 6.87. The van der Waals surface area contributed by atoms with Gasteiger partial charge < -0.3 is 5.11 Å². The molecule has 148 valence electrons. The third-order valence-corrected chi connectivity index (χ3v) is 6.88. The number of hydrogen-bond donors (Lipinski definition) is 1. The summed E-state index contributed by atoms with van der Waals surface area (Å²) < 4.78 is 47.3. The molecule has 0 atom stereocenters. The number of rotatable bonds is 3. The van der Waals surface area contributed by atoms with E-state index >= 15 is 0 Å². The molecular formula is C20H19ClO5S2. The third kappa shape index (κ3) is 5.82. The Bertz CT molecular complexity index is 1130. The molecule has 3 aromatic carbocycles. The summed E-state index contributed by atoms with van der Waals surface area (Å²) >= 11 is 0. The molecule has 0 aromatic heterocycles. The van der Waals surface area contributed by atoms with Crippen molar-refractivity contribution in [3.8, 4) is 5.75 Å². The van der Waals surface area contributed by atoms with Crippen LogP contribution in [-0.4, -0.2) is 21.9 Å². The zero-order valence-electron chi connectivity index (χ0n) is 15.2. The van der Waals surface area contributed by atoms with E-state index in [2.05, 4.69) is 0 Å². The Labute approximate surface area is 169 Å². The van der Waals surface area contributed by atoms with Crippen molar-refractivity contribution >= 4 is 29.6 Å². The number of phenolic OH excluding ortho intramolecular Hbond substituents is 1. The summed E-state index contributed by atoms with van der Waals surface area (Å²) in [6, 6.07) is 18.4. The Morgan fingerprint density at radius 1 is 0.679 bits per heavy atom. The fourth-order valence-corrected chi connectivity index (χ4v) is 4.37. The van der Waals surface area contributed by atoms with Gasteiger partial charge in [0.15, 0.2) is 0 Å². The molecule has 0 saturated heterocycles. The molecule has 0 unspecified atom stereocenters. The van der Waals surface area contributed by atoms with Crippen molar-refractivity contribution in [2.24, 2.45) is 0 Å². The van der Waals surface area contributed by atoms with E-state index in [1.165, 1.54) is 35.9 Å². The van der Waals surface area contributed by atoms with Gasteiger partial charge in [0.05, 0.1) is 14.7 Å². The summed E-state index contributed by atoms with van der Waals surface area (Å²) in [4.78, 5) is -0.248. The fourth-order valence-electron chi connectivity index (χ4n) is 2.19. The van der Waals surface area contributed by atoms with Crippen molar-refractivity contribution in [1.29, 1.82) is 0 Å². The summed E-state index contributed by atoms with van der Waals surface area (Å²) in [5.41, 5.74) is 2.10. The number of phenols is 1. The maximum absolute atomic E-state index is 12.4. The molecule has 28 heavy (non-hydrogen) atoms. The first-order valence-electron chi connectivity index (χ1n) is 8.12. The van der Waals surface area contributed by atoms with Crippen LogP contribution in [0.1, 0.15) is 11.1 Å². The van der Waals surface area contributed by atoms with Crippen LogP contribution in [0.3, 0.4) is 0 Å². The zero-order valence-corrected chi connectivity index (χ0v) is 17.6. The highest BCUT2D eigenvalue weighted by Crippen LogP contribution is 2.24. The smallest absolute Gasteiger partial charge is 0.261 e. The number of benzene rings is 3. The molecule has 0 aliphatic rings. The lowest BCUT2D eigenvalue weighted by Crippen LogP contribution is -2.03. The molecule has 0 bridgehead atoms. The normalized spacial score (nSPS) is 11.4. The van der Waals surface area contributed by atoms with Crippen LogP contribution in [0.4, 0.5) is 0 Å². The number of aryl methyl sites for hydroxylation is 2. The average Bonchev–Trinajstić information content (AvgIpc) is 2.64. The highest BCUT2D eigenvalue weighted by Gasteiger charge is 2.20. The minimum absolute atomic E-state index is 0.104. The van der Waals surface area contributed by atoms with Crippen molar-refractivity contribution in [2.45, 2.75) is 28.5 Å². The van der Waals surface area contributed by atoms with Gasteiger partial charge in [-0.25, -0.2) is 16.8 Å². The Morgan fingerprint density at radius 3 is 1.61 bits per heavy atom. The largest absolute Gasteiger partial charge is 0.508 e. The minimum Gasteiger partial charge on any atom is -0.508 e. The second kappa shape index (κ2) is 8.77. The summed E-state index contributed by atoms with van der Waals surface area (Å²) in [6.07, 6.45) is 0. The molecule has 8 heteroatoms. The first kappa shape index (κ1) is 21.9. The van der Waals surface area contributed by atoms with E-state index in [1.807, 2.05) is 26.0 Å². The molecule has 0 radical (unpaired) electrons. The van der Waals surface area contributed by atoms with Gasteiger partial charge in [-0.3, -0.25) is 0 Å². The lowest BCUT2D eigenvalue weighted by atomic mass is 10.2. The van der Waals surface area contributed by atoms with Crippen molar-refractivity contribution in [3.05, 3.63) is 83.9 Å². The van der Waals surface area contributed by atoms with E-state index in [1.54, 1.807) is 24.3 Å². The van der Waals surface area contributed by atoms with Crippen molar-refractivity contribution < 1.29 is 21.9 Å². The Hall–Kier alpha value is -2.35. The van der Waals surface area contributed by atoms with E-state index in [0.29, 0.717) is 5.75 Å². The average molecular weight is 439 g/mol. The molecule has 0 aliphatic heterocycles. The first-order chi connectivity index (χ1) is 13.0. The van der Waals surface area contributed by atoms with Gasteiger partial charge in [-0.1, -0.05) is 41.5 Å². The van der Waals surface area contributed by atoms with E-state index < -0.39 is 18.9 Å². The molecule has 3 rings (SSSR count). The van der Waals surface area contributed by atoms with Crippen LogP contribution in [0, 0.1) is 13.8 Å². The van der Waals surface area contributed by atoms with Gasteiger partial charge in [-0.05, 0) is 56.3 Å². The van der Waals surface area contributed by atoms with Crippen LogP contribution in [0.25, 0.3) is 0 Å². The maximum atomic E-state index is 12.4. The lowest BCUT2D eigenvalue weighted by molar-refractivity contribution is 0.475. The number of halogens is 1. The summed E-state index contributed by atoms with van der Waals surface area (Å²) in [5, 5.41) is 8.76. The summed E-state index contributed by atoms with van der Waals surface area (Å²) in [5.74, 6) is 0.329. The van der Waals surface area contributed by atoms with Crippen molar-refractivity contribution in [1.82, 2.24) is 0 Å². The van der Waals surface area contributed by atoms with Crippen LogP contribution in [0.5, 0.6) is 5.75 Å². The van der Waals surface area contributed by atoms with E-state index in [-0.39, 0.29) is 14.7 Å². The molecule has 0 aliphatic carbocycles. The monoisotopic (exact) mass is 438 g/mol. The number of sulfone groups is 1. The van der Waals surface area contributed by atoms with Crippen LogP contribution in [-0.2, 0) is 18.9 Å². The molecule has 5 nitrogen and oxygen atoms in total. The van der Waals surface area contributed by atoms with Crippen LogP contribution in [0.2, 0.25) is 0 Å². The van der Waals surface area contributed by atoms with Gasteiger partial charge in [0.1, 0.15) is 5.75 Å². The van der Waals surface area contributed by atoms with E-state index in [9.17, 15) is 16.8 Å². The number of aromatic hydroxyl groups is 1. The molecule has 0 amide bonds. The standard InChI is InChI=1S/C13H11ClO4S2.C7H8O/c1-10-5-7-11(8-6-10)19(15,16)12-3-2-4-13(9-12)20(14,17)18;1-6-2-4-7(8)5-3-6/h2-9H,1H3;2-5,8H,1H3. The first-order valence-corrected chi connectivity index (χ1v) is 11.9. The van der Waals surface area contributed by atoms with Crippen LogP contribution < -0.4 is 0 Å². The lowest BCUT2D eigenvalue weighted by Gasteiger charge is -2.06.